The predicted octanol–water partition coefficient (Wildman–Crippen LogP) is 4.22. The number of carbonyl (C=O) groups excluding carboxylic acids is 1. The van der Waals surface area contributed by atoms with E-state index in [2.05, 4.69) is 15.5 Å². The van der Waals surface area contributed by atoms with E-state index < -0.39 is 0 Å². The van der Waals surface area contributed by atoms with Gasteiger partial charge in [-0.05, 0) is 31.9 Å². The smallest absolute Gasteiger partial charge is 0.237 e. The Kier molecular flexibility index (Phi) is 5.42. The van der Waals surface area contributed by atoms with Gasteiger partial charge in [0.25, 0.3) is 0 Å². The van der Waals surface area contributed by atoms with Crippen LogP contribution in [0.25, 0.3) is 11.4 Å². The number of hydrogen-bond donors (Lipinski definition) is 1. The van der Waals surface area contributed by atoms with E-state index in [1.807, 2.05) is 80.9 Å². The van der Waals surface area contributed by atoms with Crippen LogP contribution in [0, 0.1) is 13.8 Å². The number of hydrogen-bond acceptors (Lipinski definition) is 4. The van der Waals surface area contributed by atoms with Crippen molar-refractivity contribution >= 4 is 23.4 Å². The van der Waals surface area contributed by atoms with Gasteiger partial charge in [0.05, 0.1) is 5.25 Å². The van der Waals surface area contributed by atoms with Crippen LogP contribution < -0.4 is 5.32 Å². The van der Waals surface area contributed by atoms with Gasteiger partial charge in [-0.15, -0.1) is 10.2 Å². The highest BCUT2D eigenvalue weighted by molar-refractivity contribution is 8.00. The molecule has 1 amide bonds. The van der Waals surface area contributed by atoms with Crippen LogP contribution in [0.15, 0.2) is 53.7 Å². The lowest BCUT2D eigenvalue weighted by Gasteiger charge is -2.15. The Morgan fingerprint density at radius 2 is 1.69 bits per heavy atom. The highest BCUT2D eigenvalue weighted by Crippen LogP contribution is 2.27. The number of anilines is 1. The fourth-order valence-electron chi connectivity index (χ4n) is 2.70. The van der Waals surface area contributed by atoms with Crippen LogP contribution >= 0.6 is 11.8 Å². The van der Waals surface area contributed by atoms with E-state index in [9.17, 15) is 4.79 Å². The lowest BCUT2D eigenvalue weighted by Crippen LogP contribution is -2.23. The van der Waals surface area contributed by atoms with Crippen LogP contribution in [0.3, 0.4) is 0 Å². The summed E-state index contributed by atoms with van der Waals surface area (Å²) in [7, 11) is 1.92. The summed E-state index contributed by atoms with van der Waals surface area (Å²) in [6, 6.07) is 15.9. The van der Waals surface area contributed by atoms with E-state index in [-0.39, 0.29) is 11.2 Å². The maximum absolute atomic E-state index is 12.6. The molecule has 0 saturated heterocycles. The molecule has 0 radical (unpaired) electrons. The van der Waals surface area contributed by atoms with Crippen LogP contribution in [0.5, 0.6) is 0 Å². The number of rotatable bonds is 5. The first kappa shape index (κ1) is 18.2. The summed E-state index contributed by atoms with van der Waals surface area (Å²) in [5, 5.41) is 12.0. The maximum atomic E-state index is 12.6. The molecular formula is C20H22N4OS. The van der Waals surface area contributed by atoms with Crippen LogP contribution in [0.2, 0.25) is 0 Å². The second kappa shape index (κ2) is 7.74. The molecular weight excluding hydrogens is 344 g/mol. The number of amides is 1. The molecule has 3 aromatic rings. The van der Waals surface area contributed by atoms with Crippen molar-refractivity contribution < 1.29 is 4.79 Å². The van der Waals surface area contributed by atoms with Gasteiger partial charge in [-0.3, -0.25) is 4.79 Å². The molecule has 2 aromatic carbocycles. The zero-order valence-electron chi connectivity index (χ0n) is 15.4. The zero-order valence-corrected chi connectivity index (χ0v) is 16.2. The second-order valence-electron chi connectivity index (χ2n) is 6.25. The molecule has 134 valence electrons. The quantitative estimate of drug-likeness (QED) is 0.687. The number of carbonyl (C=O) groups is 1. The molecule has 1 N–H and O–H groups in total. The summed E-state index contributed by atoms with van der Waals surface area (Å²) in [4.78, 5) is 12.6. The lowest BCUT2D eigenvalue weighted by molar-refractivity contribution is -0.115. The van der Waals surface area contributed by atoms with Gasteiger partial charge in [0.1, 0.15) is 0 Å². The first-order valence-corrected chi connectivity index (χ1v) is 9.34. The molecule has 0 aliphatic carbocycles. The van der Waals surface area contributed by atoms with Crippen molar-refractivity contribution in [3.63, 3.8) is 0 Å². The second-order valence-corrected chi connectivity index (χ2v) is 7.56. The number of thioether (sulfide) groups is 1. The van der Waals surface area contributed by atoms with E-state index in [4.69, 9.17) is 0 Å². The normalized spacial score (nSPS) is 12.0. The van der Waals surface area contributed by atoms with Crippen molar-refractivity contribution in [3.8, 4) is 11.4 Å². The summed E-state index contributed by atoms with van der Waals surface area (Å²) in [6.07, 6.45) is 0. The summed E-state index contributed by atoms with van der Waals surface area (Å²) in [6.45, 7) is 5.87. The molecule has 0 bridgehead atoms. The Balaban J connectivity index is 1.73. The van der Waals surface area contributed by atoms with Crippen LogP contribution in [-0.2, 0) is 11.8 Å². The molecule has 0 fully saturated rings. The Labute approximate surface area is 157 Å². The van der Waals surface area contributed by atoms with Crippen molar-refractivity contribution in [2.24, 2.45) is 7.05 Å². The third kappa shape index (κ3) is 3.80. The summed E-state index contributed by atoms with van der Waals surface area (Å²) in [5.74, 6) is 0.743. The largest absolute Gasteiger partial charge is 0.325 e. The third-order valence-corrected chi connectivity index (χ3v) is 5.38. The average Bonchev–Trinajstić information content (AvgIpc) is 2.99. The minimum atomic E-state index is -0.291. The van der Waals surface area contributed by atoms with Crippen molar-refractivity contribution in [3.05, 3.63) is 59.7 Å². The fourth-order valence-corrected chi connectivity index (χ4v) is 3.52. The monoisotopic (exact) mass is 366 g/mol. The standard InChI is InChI=1S/C20H22N4OS/c1-13-9-8-10-14(2)17(13)21-19(25)15(3)26-20-23-22-18(24(20)4)16-11-6-5-7-12-16/h5-12,15H,1-4H3,(H,21,25). The van der Waals surface area contributed by atoms with E-state index in [0.29, 0.717) is 5.16 Å². The molecule has 0 aliphatic rings. The number of nitrogens with zero attached hydrogens (tertiary/aromatic N) is 3. The van der Waals surface area contributed by atoms with Crippen molar-refractivity contribution in [2.75, 3.05) is 5.32 Å². The summed E-state index contributed by atoms with van der Waals surface area (Å²) < 4.78 is 1.92. The van der Waals surface area contributed by atoms with E-state index >= 15 is 0 Å². The molecule has 1 heterocycles. The van der Waals surface area contributed by atoms with Gasteiger partial charge in [0.2, 0.25) is 5.91 Å². The van der Waals surface area contributed by atoms with Crippen LogP contribution in [0.4, 0.5) is 5.69 Å². The summed E-state index contributed by atoms with van der Waals surface area (Å²) in [5.41, 5.74) is 4.00. The van der Waals surface area contributed by atoms with Gasteiger partial charge in [-0.2, -0.15) is 0 Å². The highest BCUT2D eigenvalue weighted by Gasteiger charge is 2.20. The van der Waals surface area contributed by atoms with Gasteiger partial charge < -0.3 is 9.88 Å². The fraction of sp³-hybridized carbons (Fsp3) is 0.250. The van der Waals surface area contributed by atoms with Gasteiger partial charge in [-0.25, -0.2) is 0 Å². The minimum absolute atomic E-state index is 0.0448. The Hall–Kier alpha value is -2.60. The third-order valence-electron chi connectivity index (χ3n) is 4.25. The molecule has 0 saturated carbocycles. The molecule has 0 spiro atoms. The highest BCUT2D eigenvalue weighted by atomic mass is 32.2. The van der Waals surface area contributed by atoms with E-state index in [1.54, 1.807) is 0 Å². The molecule has 1 aromatic heterocycles. The maximum Gasteiger partial charge on any atom is 0.237 e. The van der Waals surface area contributed by atoms with E-state index in [0.717, 1.165) is 28.2 Å². The first-order chi connectivity index (χ1) is 12.5. The zero-order chi connectivity index (χ0) is 18.7. The molecule has 1 unspecified atom stereocenters. The van der Waals surface area contributed by atoms with Crippen molar-refractivity contribution in [1.82, 2.24) is 14.8 Å². The number of nitrogens with one attached hydrogen (secondary N) is 1. The van der Waals surface area contributed by atoms with Gasteiger partial charge in [0.15, 0.2) is 11.0 Å². The molecule has 26 heavy (non-hydrogen) atoms. The number of aryl methyl sites for hydroxylation is 2. The van der Waals surface area contributed by atoms with Crippen LogP contribution in [0.1, 0.15) is 18.1 Å². The number of aromatic nitrogens is 3. The molecule has 1 atom stereocenters. The molecule has 0 aliphatic heterocycles. The Bertz CT molecular complexity index is 901. The first-order valence-electron chi connectivity index (χ1n) is 8.46. The lowest BCUT2D eigenvalue weighted by atomic mass is 10.1. The van der Waals surface area contributed by atoms with Gasteiger partial charge in [-0.1, -0.05) is 60.3 Å². The molecule has 6 heteroatoms. The van der Waals surface area contributed by atoms with E-state index in [1.165, 1.54) is 11.8 Å². The van der Waals surface area contributed by atoms with Crippen molar-refractivity contribution in [2.45, 2.75) is 31.2 Å². The molecule has 5 nitrogen and oxygen atoms in total. The number of para-hydroxylation sites is 1. The average molecular weight is 366 g/mol. The SMILES string of the molecule is Cc1cccc(C)c1NC(=O)C(C)Sc1nnc(-c2ccccc2)n1C. The minimum Gasteiger partial charge on any atom is -0.325 e. The predicted molar refractivity (Wildman–Crippen MR) is 106 cm³/mol. The summed E-state index contributed by atoms with van der Waals surface area (Å²) >= 11 is 1.40. The Morgan fingerprint density at radius 1 is 1.04 bits per heavy atom. The van der Waals surface area contributed by atoms with Crippen molar-refractivity contribution in [1.29, 1.82) is 0 Å². The van der Waals surface area contributed by atoms with Gasteiger partial charge >= 0.3 is 0 Å². The molecule has 3 rings (SSSR count). The van der Waals surface area contributed by atoms with Crippen LogP contribution in [-0.4, -0.2) is 25.9 Å². The van der Waals surface area contributed by atoms with Gasteiger partial charge in [0, 0.05) is 18.3 Å². The number of benzene rings is 2. The topological polar surface area (TPSA) is 59.8 Å². The Morgan fingerprint density at radius 3 is 2.35 bits per heavy atom.